The Morgan fingerprint density at radius 1 is 0.609 bits per heavy atom. The third-order valence-electron chi connectivity index (χ3n) is 3.73. The minimum Gasteiger partial charge on any atom is -0.435 e. The molecule has 0 spiro atoms. The highest BCUT2D eigenvalue weighted by atomic mass is 35.5. The second-order valence-electron chi connectivity index (χ2n) is 8.06. The van der Waals surface area contributed by atoms with Crippen LogP contribution < -0.4 is 0 Å². The summed E-state index contributed by atoms with van der Waals surface area (Å²) in [5, 5.41) is 0.198. The van der Waals surface area contributed by atoms with Crippen LogP contribution in [-0.4, -0.2) is 43.8 Å². The fraction of sp³-hybridized carbons (Fsp3) is 1.00. The van der Waals surface area contributed by atoms with Crippen molar-refractivity contribution in [2.75, 3.05) is 0 Å². The number of hydrogen-bond donors (Lipinski definition) is 0. The molecule has 0 rings (SSSR count). The molecular formula is C14H36Cl2O3Si4. The second-order valence-corrected chi connectivity index (χ2v) is 25.7. The Morgan fingerprint density at radius 3 is 1.09 bits per heavy atom. The minimum atomic E-state index is -2.30. The van der Waals surface area contributed by atoms with Crippen LogP contribution in [0.4, 0.5) is 0 Å². The molecule has 0 saturated carbocycles. The second kappa shape index (κ2) is 8.81. The predicted molar refractivity (Wildman–Crippen MR) is 113 cm³/mol. The molecule has 0 amide bonds. The van der Waals surface area contributed by atoms with Crippen LogP contribution in [0.3, 0.4) is 0 Å². The van der Waals surface area contributed by atoms with E-state index < -0.39 is 33.8 Å². The molecular weight excluding hydrogens is 399 g/mol. The first kappa shape index (κ1) is 24.3. The highest BCUT2D eigenvalue weighted by molar-refractivity contribution is 6.92. The lowest BCUT2D eigenvalue weighted by molar-refractivity contribution is 0.326. The van der Waals surface area contributed by atoms with Crippen LogP contribution in [0.25, 0.3) is 0 Å². The van der Waals surface area contributed by atoms with E-state index >= 15 is 0 Å². The lowest BCUT2D eigenvalue weighted by Crippen LogP contribution is -2.59. The minimum absolute atomic E-state index is 0.0988. The van der Waals surface area contributed by atoms with Crippen molar-refractivity contribution in [1.82, 2.24) is 0 Å². The van der Waals surface area contributed by atoms with Gasteiger partial charge in [-0.15, -0.1) is 23.2 Å². The first-order valence-electron chi connectivity index (χ1n) is 8.47. The highest BCUT2D eigenvalue weighted by Crippen LogP contribution is 2.29. The zero-order valence-electron chi connectivity index (χ0n) is 16.5. The molecule has 0 aliphatic heterocycles. The van der Waals surface area contributed by atoms with E-state index in [2.05, 4.69) is 66.2 Å². The molecule has 9 heteroatoms. The zero-order valence-corrected chi connectivity index (χ0v) is 22.1. The van der Waals surface area contributed by atoms with Crippen molar-refractivity contribution in [3.63, 3.8) is 0 Å². The molecule has 0 aromatic carbocycles. The van der Waals surface area contributed by atoms with Crippen molar-refractivity contribution < 1.29 is 12.3 Å². The Balaban J connectivity index is 5.00. The number of rotatable bonds is 10. The standard InChI is InChI=1S/C14H36Cl2O3Si4/c1-11-13(15)20(3,4)17-22(7,8)19-23(9,10)18-21(5,6)14(16)12-2/h13-14H,11-12H2,1-10H3. The maximum absolute atomic E-state index is 6.48. The van der Waals surface area contributed by atoms with Gasteiger partial charge in [0.2, 0.25) is 0 Å². The van der Waals surface area contributed by atoms with Gasteiger partial charge in [0.05, 0.1) is 10.0 Å². The van der Waals surface area contributed by atoms with Gasteiger partial charge in [-0.3, -0.25) is 0 Å². The fourth-order valence-electron chi connectivity index (χ4n) is 3.01. The van der Waals surface area contributed by atoms with Crippen LogP contribution in [0.15, 0.2) is 0 Å². The van der Waals surface area contributed by atoms with E-state index in [1.807, 2.05) is 0 Å². The number of alkyl halides is 2. The molecule has 0 bridgehead atoms. The first-order chi connectivity index (χ1) is 10.1. The van der Waals surface area contributed by atoms with Gasteiger partial charge in [-0.25, -0.2) is 0 Å². The maximum atomic E-state index is 6.48. The topological polar surface area (TPSA) is 27.7 Å². The smallest absolute Gasteiger partial charge is 0.312 e. The fourth-order valence-corrected chi connectivity index (χ4v) is 22.8. The van der Waals surface area contributed by atoms with Crippen LogP contribution in [0, 0.1) is 0 Å². The average Bonchev–Trinajstić information content (AvgIpc) is 2.31. The monoisotopic (exact) mass is 434 g/mol. The van der Waals surface area contributed by atoms with Gasteiger partial charge in [-0.1, -0.05) is 13.8 Å². The molecule has 140 valence electrons. The zero-order chi connectivity index (χ0) is 18.7. The van der Waals surface area contributed by atoms with Crippen molar-refractivity contribution in [3.8, 4) is 0 Å². The van der Waals surface area contributed by atoms with Gasteiger partial charge in [0.1, 0.15) is 0 Å². The van der Waals surface area contributed by atoms with Gasteiger partial charge in [-0.2, -0.15) is 0 Å². The van der Waals surface area contributed by atoms with Crippen LogP contribution in [0.5, 0.6) is 0 Å². The summed E-state index contributed by atoms with van der Waals surface area (Å²) >= 11 is 12.9. The van der Waals surface area contributed by atoms with Crippen LogP contribution in [-0.2, 0) is 12.3 Å². The summed E-state index contributed by atoms with van der Waals surface area (Å²) in [5.74, 6) is 0. The summed E-state index contributed by atoms with van der Waals surface area (Å²) in [4.78, 5) is 0. The molecule has 0 fully saturated rings. The molecule has 0 aromatic rings. The van der Waals surface area contributed by atoms with E-state index in [9.17, 15) is 0 Å². The Kier molecular flexibility index (Phi) is 9.32. The van der Waals surface area contributed by atoms with Gasteiger partial charge in [0.25, 0.3) is 0 Å². The molecule has 0 N–H and O–H groups in total. The van der Waals surface area contributed by atoms with Crippen molar-refractivity contribution >= 4 is 57.0 Å². The first-order valence-corrected chi connectivity index (χ1v) is 20.9. The van der Waals surface area contributed by atoms with Crippen LogP contribution in [0.2, 0.25) is 52.4 Å². The normalized spacial score (nSPS) is 17.2. The lowest BCUT2D eigenvalue weighted by Gasteiger charge is -2.42. The molecule has 2 atom stereocenters. The molecule has 3 nitrogen and oxygen atoms in total. The van der Waals surface area contributed by atoms with E-state index in [1.54, 1.807) is 0 Å². The summed E-state index contributed by atoms with van der Waals surface area (Å²) in [6.07, 6.45) is 1.85. The van der Waals surface area contributed by atoms with Crippen molar-refractivity contribution in [1.29, 1.82) is 0 Å². The number of halogens is 2. The SMILES string of the molecule is CCC(Cl)[Si](C)(C)O[Si](C)(C)O[Si](C)(C)O[Si](C)(C)C(Cl)CC. The number of hydrogen-bond acceptors (Lipinski definition) is 3. The molecule has 0 radical (unpaired) electrons. The van der Waals surface area contributed by atoms with Gasteiger partial charge < -0.3 is 12.3 Å². The Morgan fingerprint density at radius 2 is 0.870 bits per heavy atom. The van der Waals surface area contributed by atoms with E-state index in [0.717, 1.165) is 12.8 Å². The maximum Gasteiger partial charge on any atom is 0.312 e. The van der Waals surface area contributed by atoms with E-state index in [-0.39, 0.29) is 10.0 Å². The quantitative estimate of drug-likeness (QED) is 0.313. The lowest BCUT2D eigenvalue weighted by atomic mass is 10.6. The Labute approximate surface area is 158 Å². The average molecular weight is 436 g/mol. The molecule has 23 heavy (non-hydrogen) atoms. The molecule has 2 unspecified atom stereocenters. The van der Waals surface area contributed by atoms with Gasteiger partial charge in [-0.05, 0) is 65.2 Å². The summed E-state index contributed by atoms with van der Waals surface area (Å²) in [7, 11) is -8.56. The van der Waals surface area contributed by atoms with Crippen molar-refractivity contribution in [2.24, 2.45) is 0 Å². The predicted octanol–water partition coefficient (Wildman–Crippen LogP) is 5.96. The molecule has 0 saturated heterocycles. The Hall–Kier alpha value is 1.33. The van der Waals surface area contributed by atoms with Gasteiger partial charge in [0.15, 0.2) is 16.6 Å². The third-order valence-corrected chi connectivity index (χ3v) is 23.4. The highest BCUT2D eigenvalue weighted by Gasteiger charge is 2.46. The van der Waals surface area contributed by atoms with E-state index in [0.29, 0.717) is 0 Å². The van der Waals surface area contributed by atoms with E-state index in [4.69, 9.17) is 35.5 Å². The summed E-state index contributed by atoms with van der Waals surface area (Å²) in [5.41, 5.74) is 0. The van der Waals surface area contributed by atoms with Crippen molar-refractivity contribution in [3.05, 3.63) is 0 Å². The molecule has 0 aliphatic rings. The molecule has 0 aromatic heterocycles. The Bertz CT molecular complexity index is 345. The summed E-state index contributed by atoms with van der Waals surface area (Å²) < 4.78 is 19.4. The summed E-state index contributed by atoms with van der Waals surface area (Å²) in [6.45, 7) is 21.3. The van der Waals surface area contributed by atoms with Gasteiger partial charge >= 0.3 is 17.1 Å². The molecule has 0 aliphatic carbocycles. The largest absolute Gasteiger partial charge is 0.435 e. The molecule has 0 heterocycles. The van der Waals surface area contributed by atoms with E-state index in [1.165, 1.54) is 0 Å². The van der Waals surface area contributed by atoms with Crippen LogP contribution in [0.1, 0.15) is 26.7 Å². The van der Waals surface area contributed by atoms with Crippen molar-refractivity contribution in [2.45, 2.75) is 89.1 Å². The third kappa shape index (κ3) is 8.50. The van der Waals surface area contributed by atoms with Gasteiger partial charge in [0, 0.05) is 0 Å². The van der Waals surface area contributed by atoms with Crippen LogP contribution >= 0.6 is 23.2 Å². The summed E-state index contributed by atoms with van der Waals surface area (Å²) in [6, 6.07) is 0.